The Balaban J connectivity index is 2.71. The maximum absolute atomic E-state index is 10.5. The van der Waals surface area contributed by atoms with Crippen molar-refractivity contribution in [3.63, 3.8) is 0 Å². The highest BCUT2D eigenvalue weighted by molar-refractivity contribution is 6.21. The third kappa shape index (κ3) is 2.20. The van der Waals surface area contributed by atoms with Gasteiger partial charge in [0.05, 0.1) is 0 Å². The second-order valence-electron chi connectivity index (χ2n) is 2.35. The van der Waals surface area contributed by atoms with Gasteiger partial charge in [0.1, 0.15) is 5.75 Å². The minimum atomic E-state index is -0.876. The molecule has 0 aliphatic heterocycles. The van der Waals surface area contributed by atoms with Crippen LogP contribution in [-0.2, 0) is 9.59 Å². The van der Waals surface area contributed by atoms with E-state index in [0.29, 0.717) is 5.75 Å². The van der Waals surface area contributed by atoms with E-state index in [1.165, 1.54) is 0 Å². The minimum Gasteiger partial charge on any atom is -0.421 e. The van der Waals surface area contributed by atoms with E-state index in [0.717, 1.165) is 5.56 Å². The van der Waals surface area contributed by atoms with Crippen LogP contribution in [0.2, 0.25) is 0 Å². The van der Waals surface area contributed by atoms with Gasteiger partial charge in [-0.1, -0.05) is 17.7 Å². The number of ether oxygens (including phenoxy) is 1. The molecule has 1 aromatic carbocycles. The van der Waals surface area contributed by atoms with Crippen molar-refractivity contribution in [1.29, 1.82) is 0 Å². The van der Waals surface area contributed by atoms with E-state index in [1.807, 2.05) is 6.92 Å². The van der Waals surface area contributed by atoms with Gasteiger partial charge in [0, 0.05) is 0 Å². The number of carbonyl (C=O) groups excluding carboxylic acids is 2. The van der Waals surface area contributed by atoms with Gasteiger partial charge in [0.15, 0.2) is 0 Å². The lowest BCUT2D eigenvalue weighted by Gasteiger charge is -1.98. The first kappa shape index (κ1) is 8.46. The summed E-state index contributed by atoms with van der Waals surface area (Å²) in [5, 5.41) is 0. The molecule has 0 amide bonds. The monoisotopic (exact) mass is 164 g/mol. The summed E-state index contributed by atoms with van der Waals surface area (Å²) in [7, 11) is 0. The first-order valence-corrected chi connectivity index (χ1v) is 3.46. The zero-order chi connectivity index (χ0) is 8.97. The van der Waals surface area contributed by atoms with E-state index >= 15 is 0 Å². The molecule has 0 heterocycles. The van der Waals surface area contributed by atoms with Crippen LogP contribution in [0.15, 0.2) is 24.3 Å². The summed E-state index contributed by atoms with van der Waals surface area (Å²) in [5.74, 6) is -0.489. The van der Waals surface area contributed by atoms with Crippen LogP contribution in [0.1, 0.15) is 5.56 Å². The molecule has 0 N–H and O–H groups in total. The van der Waals surface area contributed by atoms with E-state index in [-0.39, 0.29) is 6.29 Å². The Morgan fingerprint density at radius 2 is 1.92 bits per heavy atom. The van der Waals surface area contributed by atoms with Gasteiger partial charge in [0.2, 0.25) is 6.29 Å². The van der Waals surface area contributed by atoms with Gasteiger partial charge in [-0.2, -0.15) is 0 Å². The lowest BCUT2D eigenvalue weighted by Crippen LogP contribution is -2.08. The number of benzene rings is 1. The summed E-state index contributed by atoms with van der Waals surface area (Å²) in [5.41, 5.74) is 1.07. The van der Waals surface area contributed by atoms with Gasteiger partial charge in [-0.3, -0.25) is 4.79 Å². The van der Waals surface area contributed by atoms with Crippen LogP contribution in [0.4, 0.5) is 0 Å². The summed E-state index contributed by atoms with van der Waals surface area (Å²) < 4.78 is 4.61. The second-order valence-corrected chi connectivity index (χ2v) is 2.35. The van der Waals surface area contributed by atoms with Gasteiger partial charge in [-0.15, -0.1) is 0 Å². The summed E-state index contributed by atoms with van der Waals surface area (Å²) >= 11 is 0. The molecule has 0 radical (unpaired) electrons. The van der Waals surface area contributed by atoms with Gasteiger partial charge >= 0.3 is 5.97 Å². The van der Waals surface area contributed by atoms with Crippen molar-refractivity contribution in [2.75, 3.05) is 0 Å². The van der Waals surface area contributed by atoms with Crippen molar-refractivity contribution >= 4 is 12.3 Å². The SMILES string of the molecule is Cc1ccc(OC(=O)C=O)cc1. The molecule has 12 heavy (non-hydrogen) atoms. The van der Waals surface area contributed by atoms with E-state index in [4.69, 9.17) is 0 Å². The number of carbonyl (C=O) groups is 2. The summed E-state index contributed by atoms with van der Waals surface area (Å²) in [4.78, 5) is 20.4. The van der Waals surface area contributed by atoms with Crippen molar-refractivity contribution in [2.24, 2.45) is 0 Å². The predicted octanol–water partition coefficient (Wildman–Crippen LogP) is 1.10. The molecule has 0 bridgehead atoms. The molecular formula is C9H8O3. The first-order chi connectivity index (χ1) is 5.72. The summed E-state index contributed by atoms with van der Waals surface area (Å²) in [6, 6.07) is 6.87. The molecule has 0 saturated carbocycles. The van der Waals surface area contributed by atoms with Crippen LogP contribution in [-0.4, -0.2) is 12.3 Å². The molecule has 0 aromatic heterocycles. The normalized spacial score (nSPS) is 9.08. The highest BCUT2D eigenvalue weighted by atomic mass is 16.5. The molecule has 0 aliphatic carbocycles. The van der Waals surface area contributed by atoms with Crippen LogP contribution in [0.3, 0.4) is 0 Å². The standard InChI is InChI=1S/C9H8O3/c1-7-2-4-8(5-3-7)12-9(11)6-10/h2-6H,1H3. The smallest absolute Gasteiger partial charge is 0.376 e. The fourth-order valence-electron chi connectivity index (χ4n) is 0.747. The fraction of sp³-hybridized carbons (Fsp3) is 0.111. The molecule has 0 atom stereocenters. The lowest BCUT2D eigenvalue weighted by molar-refractivity contribution is -0.141. The number of aldehydes is 1. The van der Waals surface area contributed by atoms with Crippen molar-refractivity contribution in [3.05, 3.63) is 29.8 Å². The van der Waals surface area contributed by atoms with E-state index in [1.54, 1.807) is 24.3 Å². The molecule has 0 fully saturated rings. The molecule has 0 spiro atoms. The Morgan fingerprint density at radius 3 is 2.42 bits per heavy atom. The van der Waals surface area contributed by atoms with E-state index in [2.05, 4.69) is 4.74 Å². The number of aryl methyl sites for hydroxylation is 1. The average molecular weight is 164 g/mol. The number of esters is 1. The first-order valence-electron chi connectivity index (χ1n) is 3.46. The topological polar surface area (TPSA) is 43.4 Å². The second kappa shape index (κ2) is 3.67. The van der Waals surface area contributed by atoms with E-state index in [9.17, 15) is 9.59 Å². The predicted molar refractivity (Wildman–Crippen MR) is 42.9 cm³/mol. The Bertz CT molecular complexity index is 287. The average Bonchev–Trinajstić information content (AvgIpc) is 2.09. The Kier molecular flexibility index (Phi) is 2.58. The third-order valence-electron chi connectivity index (χ3n) is 1.34. The zero-order valence-corrected chi connectivity index (χ0v) is 6.61. The fourth-order valence-corrected chi connectivity index (χ4v) is 0.747. The molecule has 1 rings (SSSR count). The minimum absolute atomic E-state index is 0.139. The highest BCUT2D eigenvalue weighted by Crippen LogP contribution is 2.10. The Morgan fingerprint density at radius 1 is 1.33 bits per heavy atom. The maximum Gasteiger partial charge on any atom is 0.376 e. The quantitative estimate of drug-likeness (QED) is 0.284. The molecule has 1 aromatic rings. The number of hydrogen-bond acceptors (Lipinski definition) is 3. The third-order valence-corrected chi connectivity index (χ3v) is 1.34. The van der Waals surface area contributed by atoms with Gasteiger partial charge in [0.25, 0.3) is 0 Å². The van der Waals surface area contributed by atoms with Crippen LogP contribution < -0.4 is 4.74 Å². The lowest BCUT2D eigenvalue weighted by atomic mass is 10.2. The maximum atomic E-state index is 10.5. The molecule has 0 aliphatic rings. The van der Waals surface area contributed by atoms with Gasteiger partial charge < -0.3 is 4.74 Å². The van der Waals surface area contributed by atoms with Crippen LogP contribution >= 0.6 is 0 Å². The molecular weight excluding hydrogens is 156 g/mol. The molecule has 0 unspecified atom stereocenters. The largest absolute Gasteiger partial charge is 0.421 e. The van der Waals surface area contributed by atoms with Crippen molar-refractivity contribution in [2.45, 2.75) is 6.92 Å². The van der Waals surface area contributed by atoms with Crippen molar-refractivity contribution in [1.82, 2.24) is 0 Å². The molecule has 3 nitrogen and oxygen atoms in total. The van der Waals surface area contributed by atoms with Crippen LogP contribution in [0, 0.1) is 6.92 Å². The zero-order valence-electron chi connectivity index (χ0n) is 6.61. The van der Waals surface area contributed by atoms with Crippen LogP contribution in [0.5, 0.6) is 5.75 Å². The van der Waals surface area contributed by atoms with Crippen molar-refractivity contribution < 1.29 is 14.3 Å². The van der Waals surface area contributed by atoms with Gasteiger partial charge in [-0.05, 0) is 19.1 Å². The molecule has 3 heteroatoms. The summed E-state index contributed by atoms with van der Waals surface area (Å²) in [6.45, 7) is 1.92. The molecule has 62 valence electrons. The number of rotatable bonds is 2. The van der Waals surface area contributed by atoms with Crippen LogP contribution in [0.25, 0.3) is 0 Å². The van der Waals surface area contributed by atoms with Crippen molar-refractivity contribution in [3.8, 4) is 5.75 Å². The number of hydrogen-bond donors (Lipinski definition) is 0. The Labute approximate surface area is 70.0 Å². The molecule has 0 saturated heterocycles. The van der Waals surface area contributed by atoms with E-state index < -0.39 is 5.97 Å². The summed E-state index contributed by atoms with van der Waals surface area (Å²) in [6.07, 6.45) is 0.139. The van der Waals surface area contributed by atoms with Gasteiger partial charge in [-0.25, -0.2) is 4.79 Å². The Hall–Kier alpha value is -1.64. The highest BCUT2D eigenvalue weighted by Gasteiger charge is 2.00.